The van der Waals surface area contributed by atoms with Crippen LogP contribution in [0.25, 0.3) is 0 Å². The maximum absolute atomic E-state index is 10.7. The Morgan fingerprint density at radius 3 is 2.38 bits per heavy atom. The fraction of sp³-hybridized carbons (Fsp3) is 0.800. The summed E-state index contributed by atoms with van der Waals surface area (Å²) in [6.45, 7) is 8.17. The Labute approximate surface area is 101 Å². The fourth-order valence-electron chi connectivity index (χ4n) is 2.12. The maximum atomic E-state index is 10.7. The van der Waals surface area contributed by atoms with Crippen molar-refractivity contribution in [3.8, 4) is 0 Å². The number of hydrogen-bond donors (Lipinski definition) is 0. The Morgan fingerprint density at radius 2 is 1.88 bits per heavy atom. The molecular formula is C15H27O. The Balaban J connectivity index is 3.86. The number of rotatable bonds is 10. The average molecular weight is 223 g/mol. The van der Waals surface area contributed by atoms with Gasteiger partial charge in [-0.1, -0.05) is 46.1 Å². The molecule has 0 heterocycles. The van der Waals surface area contributed by atoms with Crippen LogP contribution in [0, 0.1) is 5.92 Å². The summed E-state index contributed by atoms with van der Waals surface area (Å²) in [4.78, 5) is 0. The minimum Gasteiger partial charge on any atom is -0.237 e. The second-order valence-corrected chi connectivity index (χ2v) is 4.46. The lowest BCUT2D eigenvalue weighted by Crippen LogP contribution is -2.04. The molecular weight excluding hydrogens is 196 g/mol. The number of unbranched alkanes of at least 4 members (excludes halogenated alkanes) is 4. The highest BCUT2D eigenvalue weighted by Gasteiger charge is 2.11. The quantitative estimate of drug-likeness (QED) is 0.370. The van der Waals surface area contributed by atoms with Crippen LogP contribution in [0.1, 0.15) is 65.2 Å². The molecule has 1 unspecified atom stereocenters. The Morgan fingerprint density at radius 1 is 1.19 bits per heavy atom. The summed E-state index contributed by atoms with van der Waals surface area (Å²) < 4.78 is 0. The zero-order chi connectivity index (χ0) is 12.2. The minimum absolute atomic E-state index is 0.0273. The largest absolute Gasteiger partial charge is 0.237 e. The Hall–Kier alpha value is -0.520. The van der Waals surface area contributed by atoms with E-state index < -0.39 is 0 Å². The third-order valence-electron chi connectivity index (χ3n) is 3.23. The van der Waals surface area contributed by atoms with Gasteiger partial charge < -0.3 is 0 Å². The molecule has 0 aromatic carbocycles. The first kappa shape index (κ1) is 15.5. The van der Waals surface area contributed by atoms with E-state index >= 15 is 0 Å². The molecule has 0 amide bonds. The number of hydrogen-bond acceptors (Lipinski definition) is 0. The first-order valence-electron chi connectivity index (χ1n) is 6.77. The predicted octanol–water partition coefficient (Wildman–Crippen LogP) is 4.91. The van der Waals surface area contributed by atoms with Crippen molar-refractivity contribution in [1.29, 1.82) is 0 Å². The highest BCUT2D eigenvalue weighted by Crippen LogP contribution is 2.23. The maximum Gasteiger partial charge on any atom is 0.0828 e. The Bertz CT molecular complexity index is 201. The summed E-state index contributed by atoms with van der Waals surface area (Å²) in [7, 11) is 0. The van der Waals surface area contributed by atoms with Gasteiger partial charge in [0, 0.05) is 0 Å². The molecule has 1 atom stereocenters. The van der Waals surface area contributed by atoms with Crippen LogP contribution >= 0.6 is 0 Å². The molecule has 0 aliphatic rings. The van der Waals surface area contributed by atoms with Gasteiger partial charge in [-0.3, -0.25) is 0 Å². The molecule has 0 aromatic heterocycles. The van der Waals surface area contributed by atoms with Gasteiger partial charge in [-0.25, -0.2) is 5.11 Å². The van der Waals surface area contributed by atoms with Crippen molar-refractivity contribution in [1.82, 2.24) is 0 Å². The second kappa shape index (κ2) is 11.0. The lowest BCUT2D eigenvalue weighted by molar-refractivity contribution is 0.174. The highest BCUT2D eigenvalue weighted by atomic mass is 16.3. The standard InChI is InChI=1S/C15H27O/c1-4-7-8-9-10-11-14(5-2)15(6-3)12-13-16/h15H,2,4,6-13H2,1,3H3. The zero-order valence-electron chi connectivity index (χ0n) is 11.1. The summed E-state index contributed by atoms with van der Waals surface area (Å²) >= 11 is 0. The van der Waals surface area contributed by atoms with Gasteiger partial charge in [-0.2, -0.15) is 0 Å². The molecule has 0 rings (SSSR count). The molecule has 0 saturated heterocycles. The van der Waals surface area contributed by atoms with E-state index in [1.54, 1.807) is 0 Å². The summed E-state index contributed by atoms with van der Waals surface area (Å²) in [5.41, 5.74) is 4.34. The molecule has 1 radical (unpaired) electrons. The van der Waals surface area contributed by atoms with E-state index in [0.717, 1.165) is 19.3 Å². The van der Waals surface area contributed by atoms with E-state index in [9.17, 15) is 5.11 Å². The molecule has 0 saturated carbocycles. The minimum atomic E-state index is 0.0273. The molecule has 0 fully saturated rings. The van der Waals surface area contributed by atoms with Gasteiger partial charge in [0.1, 0.15) is 0 Å². The fourth-order valence-corrected chi connectivity index (χ4v) is 2.12. The highest BCUT2D eigenvalue weighted by molar-refractivity contribution is 5.04. The SMILES string of the molecule is C=C=C(CCCCCCC)C(CC)CC[O]. The molecule has 16 heavy (non-hydrogen) atoms. The van der Waals surface area contributed by atoms with Crippen molar-refractivity contribution in [3.63, 3.8) is 0 Å². The molecule has 0 aliphatic heterocycles. The topological polar surface area (TPSA) is 19.9 Å². The van der Waals surface area contributed by atoms with Crippen molar-refractivity contribution in [2.24, 2.45) is 5.92 Å². The van der Waals surface area contributed by atoms with E-state index in [0.29, 0.717) is 5.92 Å². The van der Waals surface area contributed by atoms with Gasteiger partial charge in [0.25, 0.3) is 0 Å². The molecule has 0 aliphatic carbocycles. The van der Waals surface area contributed by atoms with E-state index in [-0.39, 0.29) is 6.61 Å². The lowest BCUT2D eigenvalue weighted by atomic mass is 9.90. The van der Waals surface area contributed by atoms with Crippen LogP contribution in [0.3, 0.4) is 0 Å². The normalized spacial score (nSPS) is 12.2. The van der Waals surface area contributed by atoms with E-state index in [1.807, 2.05) is 0 Å². The van der Waals surface area contributed by atoms with Gasteiger partial charge in [-0.15, -0.1) is 5.73 Å². The second-order valence-electron chi connectivity index (χ2n) is 4.46. The van der Waals surface area contributed by atoms with Gasteiger partial charge in [0.05, 0.1) is 6.61 Å². The van der Waals surface area contributed by atoms with Crippen LogP contribution in [0.2, 0.25) is 0 Å². The van der Waals surface area contributed by atoms with Crippen LogP contribution in [0.15, 0.2) is 17.9 Å². The first-order chi connectivity index (χ1) is 7.79. The van der Waals surface area contributed by atoms with Gasteiger partial charge in [0.2, 0.25) is 0 Å². The van der Waals surface area contributed by atoms with Crippen LogP contribution in [0.5, 0.6) is 0 Å². The average Bonchev–Trinajstić information content (AvgIpc) is 2.31. The van der Waals surface area contributed by atoms with Crippen molar-refractivity contribution >= 4 is 0 Å². The monoisotopic (exact) mass is 223 g/mol. The first-order valence-corrected chi connectivity index (χ1v) is 6.77. The van der Waals surface area contributed by atoms with Crippen LogP contribution in [0.4, 0.5) is 0 Å². The van der Waals surface area contributed by atoms with Crippen molar-refractivity contribution < 1.29 is 5.11 Å². The Kier molecular flexibility index (Phi) is 10.6. The molecule has 93 valence electrons. The summed E-state index contributed by atoms with van der Waals surface area (Å²) in [6.07, 6.45) is 9.38. The lowest BCUT2D eigenvalue weighted by Gasteiger charge is -2.15. The molecule has 0 bridgehead atoms. The molecule has 0 aromatic rings. The molecule has 1 nitrogen and oxygen atoms in total. The predicted molar refractivity (Wildman–Crippen MR) is 70.0 cm³/mol. The van der Waals surface area contributed by atoms with E-state index in [4.69, 9.17) is 0 Å². The third kappa shape index (κ3) is 6.87. The van der Waals surface area contributed by atoms with Gasteiger partial charge >= 0.3 is 0 Å². The molecule has 0 spiro atoms. The van der Waals surface area contributed by atoms with Crippen LogP contribution < -0.4 is 0 Å². The van der Waals surface area contributed by atoms with Gasteiger partial charge in [0.15, 0.2) is 0 Å². The van der Waals surface area contributed by atoms with Crippen LogP contribution in [-0.2, 0) is 5.11 Å². The van der Waals surface area contributed by atoms with Crippen molar-refractivity contribution in [3.05, 3.63) is 17.9 Å². The zero-order valence-corrected chi connectivity index (χ0v) is 11.1. The third-order valence-corrected chi connectivity index (χ3v) is 3.23. The number of allylic oxidation sites excluding steroid dienone is 1. The van der Waals surface area contributed by atoms with E-state index in [1.165, 1.54) is 37.7 Å². The summed E-state index contributed by atoms with van der Waals surface area (Å²) in [5.74, 6) is 0.432. The van der Waals surface area contributed by atoms with E-state index in [2.05, 4.69) is 26.2 Å². The molecule has 0 N–H and O–H groups in total. The van der Waals surface area contributed by atoms with Crippen molar-refractivity contribution in [2.75, 3.05) is 6.61 Å². The van der Waals surface area contributed by atoms with Crippen molar-refractivity contribution in [2.45, 2.75) is 65.2 Å². The molecule has 1 heteroatoms. The van der Waals surface area contributed by atoms with Crippen LogP contribution in [-0.4, -0.2) is 6.61 Å². The smallest absolute Gasteiger partial charge is 0.0828 e. The van der Waals surface area contributed by atoms with Gasteiger partial charge in [-0.05, 0) is 37.2 Å². The summed E-state index contributed by atoms with van der Waals surface area (Å²) in [5, 5.41) is 10.7. The summed E-state index contributed by atoms with van der Waals surface area (Å²) in [6, 6.07) is 0.